The number of halogens is 3. The zero-order valence-corrected chi connectivity index (χ0v) is 15.1. The Labute approximate surface area is 159 Å². The lowest BCUT2D eigenvalue weighted by atomic mass is 10.2. The molecule has 7 nitrogen and oxygen atoms in total. The molecule has 3 rings (SSSR count). The summed E-state index contributed by atoms with van der Waals surface area (Å²) in [5, 5.41) is 2.69. The fraction of sp³-hybridized carbons (Fsp3) is 0.333. The first kappa shape index (κ1) is 19.6. The molecule has 0 atom stereocenters. The number of rotatable bonds is 5. The summed E-state index contributed by atoms with van der Waals surface area (Å²) < 4.78 is 54.5. The summed E-state index contributed by atoms with van der Waals surface area (Å²) in [5.74, 6) is 0.529. The minimum absolute atomic E-state index is 0.140. The van der Waals surface area contributed by atoms with Gasteiger partial charge in [-0.1, -0.05) is 0 Å². The molecule has 0 aliphatic carbocycles. The lowest BCUT2D eigenvalue weighted by Gasteiger charge is -2.38. The van der Waals surface area contributed by atoms with Gasteiger partial charge in [0, 0.05) is 30.1 Å². The Hall–Kier alpha value is -3.17. The average Bonchev–Trinajstić information content (AvgIpc) is 2.63. The second-order valence-corrected chi connectivity index (χ2v) is 6.03. The molecule has 2 amide bonds. The van der Waals surface area contributed by atoms with Crippen LogP contribution in [0.15, 0.2) is 36.5 Å². The molecule has 0 unspecified atom stereocenters. The van der Waals surface area contributed by atoms with Crippen molar-refractivity contribution in [2.45, 2.75) is 12.3 Å². The van der Waals surface area contributed by atoms with Crippen molar-refractivity contribution in [2.24, 2.45) is 0 Å². The van der Waals surface area contributed by atoms with Gasteiger partial charge in [-0.15, -0.1) is 0 Å². The van der Waals surface area contributed by atoms with Crippen molar-refractivity contribution in [1.82, 2.24) is 9.88 Å². The molecule has 0 saturated carbocycles. The van der Waals surface area contributed by atoms with Gasteiger partial charge in [0.15, 0.2) is 0 Å². The number of likely N-dealkylation sites (tertiary alicyclic amines) is 1. The highest BCUT2D eigenvalue weighted by Crippen LogP contribution is 2.35. The highest BCUT2D eigenvalue weighted by atomic mass is 19.4. The number of methoxy groups -OCH3 is 2. The van der Waals surface area contributed by atoms with Gasteiger partial charge in [-0.2, -0.15) is 13.2 Å². The van der Waals surface area contributed by atoms with Crippen LogP contribution in [0.1, 0.15) is 5.56 Å². The van der Waals surface area contributed by atoms with Gasteiger partial charge < -0.3 is 24.4 Å². The number of ether oxygens (including phenoxy) is 3. The standard InChI is InChI=1S/C18H18F3N3O4/c1-26-12-6-11(7-13(8-12)27-2)23-17(25)24-9-14(10-24)28-16-15(18(19,20)21)4-3-5-22-16/h3-8,14H,9-10H2,1-2H3,(H,23,25). The molecule has 2 heterocycles. The highest BCUT2D eigenvalue weighted by molar-refractivity contribution is 5.90. The molecule has 1 aromatic heterocycles. The number of hydrogen-bond acceptors (Lipinski definition) is 5. The Morgan fingerprint density at radius 3 is 2.39 bits per heavy atom. The topological polar surface area (TPSA) is 72.9 Å². The van der Waals surface area contributed by atoms with E-state index in [1.54, 1.807) is 18.2 Å². The van der Waals surface area contributed by atoms with Gasteiger partial charge in [-0.05, 0) is 12.1 Å². The number of amides is 2. The molecule has 1 aliphatic rings. The normalized spacial score (nSPS) is 14.2. The van der Waals surface area contributed by atoms with E-state index < -0.39 is 29.8 Å². The summed E-state index contributed by atoms with van der Waals surface area (Å²) in [6.45, 7) is 0.279. The van der Waals surface area contributed by atoms with E-state index >= 15 is 0 Å². The van der Waals surface area contributed by atoms with Crippen molar-refractivity contribution in [3.05, 3.63) is 42.1 Å². The van der Waals surface area contributed by atoms with E-state index in [1.165, 1.54) is 31.4 Å². The van der Waals surface area contributed by atoms with Gasteiger partial charge in [0.05, 0.1) is 27.3 Å². The zero-order valence-electron chi connectivity index (χ0n) is 15.1. The van der Waals surface area contributed by atoms with Crippen LogP contribution in [0.4, 0.5) is 23.7 Å². The second-order valence-electron chi connectivity index (χ2n) is 6.03. The van der Waals surface area contributed by atoms with Crippen molar-refractivity contribution in [3.63, 3.8) is 0 Å². The number of urea groups is 1. The van der Waals surface area contributed by atoms with Crippen LogP contribution in [0.25, 0.3) is 0 Å². The first-order valence-electron chi connectivity index (χ1n) is 8.28. The number of anilines is 1. The maximum Gasteiger partial charge on any atom is 0.421 e. The smallest absolute Gasteiger partial charge is 0.421 e. The Balaban J connectivity index is 1.58. The van der Waals surface area contributed by atoms with Gasteiger partial charge in [0.25, 0.3) is 0 Å². The molecule has 1 aromatic carbocycles. The Morgan fingerprint density at radius 1 is 1.18 bits per heavy atom. The molecular weight excluding hydrogens is 379 g/mol. The molecule has 10 heteroatoms. The number of nitrogens with zero attached hydrogens (tertiary/aromatic N) is 2. The molecule has 28 heavy (non-hydrogen) atoms. The largest absolute Gasteiger partial charge is 0.497 e. The number of alkyl halides is 3. The number of aromatic nitrogens is 1. The molecule has 1 saturated heterocycles. The van der Waals surface area contributed by atoms with Gasteiger partial charge >= 0.3 is 12.2 Å². The molecule has 0 bridgehead atoms. The summed E-state index contributed by atoms with van der Waals surface area (Å²) in [6, 6.07) is 6.59. The number of pyridine rings is 1. The number of nitrogens with one attached hydrogen (secondary N) is 1. The predicted octanol–water partition coefficient (Wildman–Crippen LogP) is 3.41. The van der Waals surface area contributed by atoms with Crippen molar-refractivity contribution >= 4 is 11.7 Å². The average molecular weight is 397 g/mol. The van der Waals surface area contributed by atoms with Crippen LogP contribution in [0.2, 0.25) is 0 Å². The van der Waals surface area contributed by atoms with Crippen LogP contribution in [0, 0.1) is 0 Å². The van der Waals surface area contributed by atoms with E-state index in [0.717, 1.165) is 6.07 Å². The van der Waals surface area contributed by atoms with Crippen LogP contribution < -0.4 is 19.5 Å². The molecule has 1 N–H and O–H groups in total. The van der Waals surface area contributed by atoms with Gasteiger partial charge in [0.1, 0.15) is 23.2 Å². The summed E-state index contributed by atoms with van der Waals surface area (Å²) >= 11 is 0. The molecule has 0 radical (unpaired) electrons. The van der Waals surface area contributed by atoms with E-state index in [4.69, 9.17) is 14.2 Å². The zero-order chi connectivity index (χ0) is 20.3. The Kier molecular flexibility index (Phi) is 5.48. The first-order valence-corrected chi connectivity index (χ1v) is 8.28. The van der Waals surface area contributed by atoms with Crippen LogP contribution in [-0.2, 0) is 6.18 Å². The second kappa shape index (κ2) is 7.83. The van der Waals surface area contributed by atoms with Crippen LogP contribution in [0.5, 0.6) is 17.4 Å². The van der Waals surface area contributed by atoms with Crippen molar-refractivity contribution in [1.29, 1.82) is 0 Å². The third-order valence-electron chi connectivity index (χ3n) is 4.09. The number of benzene rings is 1. The molecule has 0 spiro atoms. The van der Waals surface area contributed by atoms with Gasteiger partial charge in [0.2, 0.25) is 5.88 Å². The van der Waals surface area contributed by atoms with E-state index in [-0.39, 0.29) is 13.1 Å². The quantitative estimate of drug-likeness (QED) is 0.837. The monoisotopic (exact) mass is 397 g/mol. The molecule has 150 valence electrons. The third-order valence-corrected chi connectivity index (χ3v) is 4.09. The Bertz CT molecular complexity index is 832. The fourth-order valence-corrected chi connectivity index (χ4v) is 2.62. The van der Waals surface area contributed by atoms with Crippen LogP contribution in [0.3, 0.4) is 0 Å². The molecule has 1 fully saturated rings. The number of carbonyl (C=O) groups excluding carboxylic acids is 1. The lowest BCUT2D eigenvalue weighted by Crippen LogP contribution is -2.57. The summed E-state index contributed by atoms with van der Waals surface area (Å²) in [6.07, 6.45) is -3.90. The summed E-state index contributed by atoms with van der Waals surface area (Å²) in [5.41, 5.74) is -0.476. The molecular formula is C18H18F3N3O4. The minimum atomic E-state index is -4.56. The predicted molar refractivity (Wildman–Crippen MR) is 93.8 cm³/mol. The number of carbonyl (C=O) groups is 1. The highest BCUT2D eigenvalue weighted by Gasteiger charge is 2.38. The molecule has 1 aliphatic heterocycles. The van der Waals surface area contributed by atoms with Crippen molar-refractivity contribution in [3.8, 4) is 17.4 Å². The third kappa shape index (κ3) is 4.38. The summed E-state index contributed by atoms with van der Waals surface area (Å²) in [4.78, 5) is 17.4. The van der Waals surface area contributed by atoms with Crippen LogP contribution >= 0.6 is 0 Å². The maximum absolute atomic E-state index is 13.0. The minimum Gasteiger partial charge on any atom is -0.497 e. The summed E-state index contributed by atoms with van der Waals surface area (Å²) in [7, 11) is 2.98. The maximum atomic E-state index is 13.0. The lowest BCUT2D eigenvalue weighted by molar-refractivity contribution is -0.140. The molecule has 2 aromatic rings. The number of hydrogen-bond donors (Lipinski definition) is 1. The fourth-order valence-electron chi connectivity index (χ4n) is 2.62. The van der Waals surface area contributed by atoms with Crippen LogP contribution in [-0.4, -0.2) is 49.3 Å². The van der Waals surface area contributed by atoms with E-state index in [1.807, 2.05) is 0 Å². The first-order chi connectivity index (χ1) is 13.3. The van der Waals surface area contributed by atoms with Gasteiger partial charge in [-0.25, -0.2) is 9.78 Å². The van der Waals surface area contributed by atoms with E-state index in [9.17, 15) is 18.0 Å². The van der Waals surface area contributed by atoms with Crippen molar-refractivity contribution in [2.75, 3.05) is 32.6 Å². The van der Waals surface area contributed by atoms with E-state index in [2.05, 4.69) is 10.3 Å². The van der Waals surface area contributed by atoms with E-state index in [0.29, 0.717) is 17.2 Å². The SMILES string of the molecule is COc1cc(NC(=O)N2CC(Oc3ncccc3C(F)(F)F)C2)cc(OC)c1. The Morgan fingerprint density at radius 2 is 1.82 bits per heavy atom. The van der Waals surface area contributed by atoms with Gasteiger partial charge in [-0.3, -0.25) is 0 Å². The van der Waals surface area contributed by atoms with Crippen molar-refractivity contribution < 1.29 is 32.2 Å².